The van der Waals surface area contributed by atoms with E-state index in [0.717, 1.165) is 19.6 Å². The highest BCUT2D eigenvalue weighted by Gasteiger charge is 2.33. The van der Waals surface area contributed by atoms with Crippen LogP contribution in [0.2, 0.25) is 0 Å². The van der Waals surface area contributed by atoms with Gasteiger partial charge in [-0.2, -0.15) is 0 Å². The van der Waals surface area contributed by atoms with Crippen LogP contribution in [0.25, 0.3) is 0 Å². The second-order valence-electron chi connectivity index (χ2n) is 5.70. The summed E-state index contributed by atoms with van der Waals surface area (Å²) in [5.41, 5.74) is 4.06. The monoisotopic (exact) mass is 256 g/mol. The molecule has 0 radical (unpaired) electrons. The van der Waals surface area contributed by atoms with Crippen LogP contribution >= 0.6 is 0 Å². The highest BCUT2D eigenvalue weighted by molar-refractivity contribution is 5.24. The first-order valence-corrected chi connectivity index (χ1v) is 6.80. The van der Waals surface area contributed by atoms with Crippen LogP contribution in [0, 0.1) is 6.92 Å². The third-order valence-corrected chi connectivity index (χ3v) is 4.19. The lowest BCUT2D eigenvalue weighted by molar-refractivity contribution is 0.481. The molecule has 19 heavy (non-hydrogen) atoms. The van der Waals surface area contributed by atoms with E-state index in [0.29, 0.717) is 0 Å². The zero-order chi connectivity index (χ0) is 13.3. The quantitative estimate of drug-likeness (QED) is 0.912. The normalized spacial score (nSPS) is 22.8. The number of hydrogen-bond donors (Lipinski definition) is 1. The van der Waals surface area contributed by atoms with Gasteiger partial charge < -0.3 is 9.88 Å². The van der Waals surface area contributed by atoms with E-state index in [1.165, 1.54) is 23.2 Å². The Hall–Kier alpha value is -1.68. The summed E-state index contributed by atoms with van der Waals surface area (Å²) in [6, 6.07) is 2.06. The largest absolute Gasteiger partial charge is 0.330 e. The molecule has 3 heterocycles. The molecule has 0 spiro atoms. The molecule has 0 aromatic carbocycles. The van der Waals surface area contributed by atoms with Crippen molar-refractivity contribution in [2.24, 2.45) is 0 Å². The lowest BCUT2D eigenvalue weighted by atomic mass is 9.86. The van der Waals surface area contributed by atoms with Gasteiger partial charge in [-0.3, -0.25) is 4.98 Å². The molecule has 0 amide bonds. The molecule has 4 nitrogen and oxygen atoms in total. The number of imidazole rings is 1. The topological polar surface area (TPSA) is 42.7 Å². The number of hydrogen-bond acceptors (Lipinski definition) is 3. The van der Waals surface area contributed by atoms with Crippen molar-refractivity contribution >= 4 is 0 Å². The maximum atomic E-state index is 4.35. The van der Waals surface area contributed by atoms with Crippen molar-refractivity contribution in [3.05, 3.63) is 47.8 Å². The maximum Gasteiger partial charge on any atom is 0.0951 e. The van der Waals surface area contributed by atoms with Crippen LogP contribution in [0.3, 0.4) is 0 Å². The van der Waals surface area contributed by atoms with Crippen molar-refractivity contribution < 1.29 is 0 Å². The molecular formula is C15H20N4. The van der Waals surface area contributed by atoms with Crippen molar-refractivity contribution in [2.45, 2.75) is 32.2 Å². The lowest BCUT2D eigenvalue weighted by Gasteiger charge is -2.24. The molecule has 1 fully saturated rings. The molecule has 1 unspecified atom stereocenters. The fourth-order valence-electron chi connectivity index (χ4n) is 2.83. The average Bonchev–Trinajstić information content (AvgIpc) is 3.02. The summed E-state index contributed by atoms with van der Waals surface area (Å²) >= 11 is 0. The predicted molar refractivity (Wildman–Crippen MR) is 75.1 cm³/mol. The minimum absolute atomic E-state index is 0.201. The molecule has 3 rings (SSSR count). The summed E-state index contributed by atoms with van der Waals surface area (Å²) in [5, 5.41) is 3.45. The Balaban J connectivity index is 1.91. The predicted octanol–water partition coefficient (Wildman–Crippen LogP) is 1.89. The average molecular weight is 256 g/mol. The highest BCUT2D eigenvalue weighted by Crippen LogP contribution is 2.30. The second-order valence-corrected chi connectivity index (χ2v) is 5.70. The van der Waals surface area contributed by atoms with E-state index in [1.54, 1.807) is 0 Å². The molecule has 1 N–H and O–H groups in total. The zero-order valence-electron chi connectivity index (χ0n) is 11.6. The van der Waals surface area contributed by atoms with Crippen LogP contribution in [-0.4, -0.2) is 27.6 Å². The van der Waals surface area contributed by atoms with Crippen LogP contribution in [-0.2, 0) is 12.0 Å². The number of nitrogens with one attached hydrogen (secondary N) is 1. The van der Waals surface area contributed by atoms with Gasteiger partial charge in [0.05, 0.1) is 12.9 Å². The Labute approximate surface area is 113 Å². The van der Waals surface area contributed by atoms with Crippen molar-refractivity contribution in [2.75, 3.05) is 13.1 Å². The Morgan fingerprint density at radius 1 is 1.37 bits per heavy atom. The SMILES string of the molecule is Cc1ccncc1Cn1cncc1C1(C)CCNC1. The molecule has 1 aliphatic heterocycles. The van der Waals surface area contributed by atoms with E-state index in [9.17, 15) is 0 Å². The summed E-state index contributed by atoms with van der Waals surface area (Å²) in [6.07, 6.45) is 8.92. The minimum atomic E-state index is 0.201. The van der Waals surface area contributed by atoms with Crippen molar-refractivity contribution in [3.63, 3.8) is 0 Å². The van der Waals surface area contributed by atoms with Gasteiger partial charge >= 0.3 is 0 Å². The highest BCUT2D eigenvalue weighted by atomic mass is 15.1. The van der Waals surface area contributed by atoms with E-state index in [4.69, 9.17) is 0 Å². The molecule has 4 heteroatoms. The van der Waals surface area contributed by atoms with Gasteiger partial charge in [-0.05, 0) is 37.1 Å². The Bertz CT molecular complexity index is 567. The maximum absolute atomic E-state index is 4.35. The first-order valence-electron chi connectivity index (χ1n) is 6.80. The van der Waals surface area contributed by atoms with Crippen LogP contribution < -0.4 is 5.32 Å². The fraction of sp³-hybridized carbons (Fsp3) is 0.467. The van der Waals surface area contributed by atoms with Crippen molar-refractivity contribution in [1.82, 2.24) is 19.9 Å². The molecule has 1 aliphatic rings. The molecule has 0 saturated carbocycles. The number of aryl methyl sites for hydroxylation is 1. The van der Waals surface area contributed by atoms with Gasteiger partial charge in [-0.15, -0.1) is 0 Å². The molecule has 0 aliphatic carbocycles. The molecule has 0 bridgehead atoms. The summed E-state index contributed by atoms with van der Waals surface area (Å²) in [5.74, 6) is 0. The Kier molecular flexibility index (Phi) is 3.11. The third-order valence-electron chi connectivity index (χ3n) is 4.19. The summed E-state index contributed by atoms with van der Waals surface area (Å²) < 4.78 is 2.26. The van der Waals surface area contributed by atoms with Crippen LogP contribution in [0.15, 0.2) is 31.0 Å². The first kappa shape index (κ1) is 12.4. The van der Waals surface area contributed by atoms with Crippen molar-refractivity contribution in [1.29, 1.82) is 0 Å². The Morgan fingerprint density at radius 3 is 3.00 bits per heavy atom. The first-order chi connectivity index (χ1) is 9.19. The summed E-state index contributed by atoms with van der Waals surface area (Å²) in [7, 11) is 0. The van der Waals surface area contributed by atoms with Crippen LogP contribution in [0.1, 0.15) is 30.2 Å². The van der Waals surface area contributed by atoms with E-state index < -0.39 is 0 Å². The van der Waals surface area contributed by atoms with Gasteiger partial charge in [-0.1, -0.05) is 6.92 Å². The third kappa shape index (κ3) is 2.28. The van der Waals surface area contributed by atoms with Gasteiger partial charge in [0, 0.05) is 36.2 Å². The molecular weight excluding hydrogens is 236 g/mol. The van der Waals surface area contributed by atoms with E-state index in [2.05, 4.69) is 39.8 Å². The smallest absolute Gasteiger partial charge is 0.0951 e. The molecule has 2 aromatic heterocycles. The summed E-state index contributed by atoms with van der Waals surface area (Å²) in [4.78, 5) is 8.58. The standard InChI is InChI=1S/C15H20N4/c1-12-3-5-16-7-13(12)9-19-11-18-8-14(19)15(2)4-6-17-10-15/h3,5,7-8,11,17H,4,6,9-10H2,1-2H3. The fourth-order valence-corrected chi connectivity index (χ4v) is 2.83. The van der Waals surface area contributed by atoms with Gasteiger partial charge in [0.2, 0.25) is 0 Å². The zero-order valence-corrected chi connectivity index (χ0v) is 11.6. The van der Waals surface area contributed by atoms with E-state index >= 15 is 0 Å². The number of pyridine rings is 1. The molecule has 2 aromatic rings. The van der Waals surface area contributed by atoms with Gasteiger partial charge in [0.15, 0.2) is 0 Å². The van der Waals surface area contributed by atoms with Crippen LogP contribution in [0.4, 0.5) is 0 Å². The molecule has 1 saturated heterocycles. The van der Waals surface area contributed by atoms with Crippen molar-refractivity contribution in [3.8, 4) is 0 Å². The minimum Gasteiger partial charge on any atom is -0.330 e. The Morgan fingerprint density at radius 2 is 2.26 bits per heavy atom. The van der Waals surface area contributed by atoms with Gasteiger partial charge in [-0.25, -0.2) is 4.98 Å². The van der Waals surface area contributed by atoms with Crippen LogP contribution in [0.5, 0.6) is 0 Å². The molecule has 1 atom stereocenters. The molecule has 100 valence electrons. The van der Waals surface area contributed by atoms with Gasteiger partial charge in [0.25, 0.3) is 0 Å². The van der Waals surface area contributed by atoms with E-state index in [-0.39, 0.29) is 5.41 Å². The summed E-state index contributed by atoms with van der Waals surface area (Å²) in [6.45, 7) is 7.42. The number of nitrogens with zero attached hydrogens (tertiary/aromatic N) is 3. The number of aromatic nitrogens is 3. The van der Waals surface area contributed by atoms with E-state index in [1.807, 2.05) is 24.9 Å². The van der Waals surface area contributed by atoms with Gasteiger partial charge in [0.1, 0.15) is 0 Å². The number of rotatable bonds is 3. The lowest BCUT2D eigenvalue weighted by Crippen LogP contribution is -2.28. The second kappa shape index (κ2) is 4.78.